The van der Waals surface area contributed by atoms with Crippen molar-refractivity contribution in [1.29, 1.82) is 0 Å². The van der Waals surface area contributed by atoms with E-state index in [0.29, 0.717) is 5.92 Å². The maximum Gasteiger partial charge on any atom is 0.239 e. The fraction of sp³-hybridized carbons (Fsp3) is 1.00. The summed E-state index contributed by atoms with van der Waals surface area (Å²) in [4.78, 5) is 0. The molecular formula is C9H17BrF2. The molecule has 0 aliphatic carbocycles. The van der Waals surface area contributed by atoms with Gasteiger partial charge in [-0.05, 0) is 17.8 Å². The lowest BCUT2D eigenvalue weighted by Gasteiger charge is -2.26. The van der Waals surface area contributed by atoms with Crippen LogP contribution in [0.2, 0.25) is 0 Å². The molecular weight excluding hydrogens is 226 g/mol. The van der Waals surface area contributed by atoms with Gasteiger partial charge in [-0.3, -0.25) is 0 Å². The number of rotatable bonds is 5. The highest BCUT2D eigenvalue weighted by Crippen LogP contribution is 2.32. The maximum atomic E-state index is 12.1. The second-order valence-corrected chi connectivity index (χ2v) is 4.87. The summed E-state index contributed by atoms with van der Waals surface area (Å²) < 4.78 is 24.1. The van der Waals surface area contributed by atoms with E-state index in [0.717, 1.165) is 11.8 Å². The van der Waals surface area contributed by atoms with Crippen molar-refractivity contribution in [2.45, 2.75) is 40.0 Å². The van der Waals surface area contributed by atoms with Crippen LogP contribution in [0, 0.1) is 11.3 Å². The Morgan fingerprint density at radius 3 is 2.08 bits per heavy atom. The van der Waals surface area contributed by atoms with Gasteiger partial charge in [0.1, 0.15) is 0 Å². The number of halogens is 3. The Hall–Kier alpha value is 0.340. The molecule has 0 N–H and O–H groups in total. The molecule has 0 fully saturated rings. The van der Waals surface area contributed by atoms with Crippen LogP contribution < -0.4 is 0 Å². The lowest BCUT2D eigenvalue weighted by atomic mass is 9.81. The van der Waals surface area contributed by atoms with Gasteiger partial charge in [0.05, 0.1) is 0 Å². The number of hydrogen-bond donors (Lipinski definition) is 0. The molecule has 1 unspecified atom stereocenters. The summed E-state index contributed by atoms with van der Waals surface area (Å²) in [5.41, 5.74) is -0.235. The highest BCUT2D eigenvalue weighted by atomic mass is 79.9. The smallest absolute Gasteiger partial charge is 0.211 e. The molecule has 0 aromatic rings. The van der Waals surface area contributed by atoms with E-state index in [1.165, 1.54) is 0 Å². The topological polar surface area (TPSA) is 0 Å². The molecule has 0 heterocycles. The third-order valence-corrected chi connectivity index (χ3v) is 2.98. The van der Waals surface area contributed by atoms with E-state index in [1.54, 1.807) is 0 Å². The van der Waals surface area contributed by atoms with E-state index in [-0.39, 0.29) is 11.8 Å². The molecule has 0 bridgehead atoms. The van der Waals surface area contributed by atoms with Crippen LogP contribution in [0.5, 0.6) is 0 Å². The van der Waals surface area contributed by atoms with Gasteiger partial charge >= 0.3 is 0 Å². The molecule has 0 aromatic heterocycles. The van der Waals surface area contributed by atoms with Crippen molar-refractivity contribution < 1.29 is 8.78 Å². The van der Waals surface area contributed by atoms with Crippen molar-refractivity contribution in [3.8, 4) is 0 Å². The van der Waals surface area contributed by atoms with Crippen LogP contribution in [0.3, 0.4) is 0 Å². The summed E-state index contributed by atoms with van der Waals surface area (Å²) in [6, 6.07) is 0. The predicted octanol–water partition coefficient (Wildman–Crippen LogP) is 4.09. The van der Waals surface area contributed by atoms with Crippen molar-refractivity contribution in [2.75, 3.05) is 5.33 Å². The highest BCUT2D eigenvalue weighted by molar-refractivity contribution is 9.09. The Kier molecular flexibility index (Phi) is 5.30. The molecule has 0 rings (SSSR count). The summed E-state index contributed by atoms with van der Waals surface area (Å²) in [7, 11) is 0. The van der Waals surface area contributed by atoms with Crippen LogP contribution in [0.4, 0.5) is 8.78 Å². The largest absolute Gasteiger partial charge is 0.239 e. The van der Waals surface area contributed by atoms with E-state index in [4.69, 9.17) is 0 Å². The minimum absolute atomic E-state index is 0.00431. The first-order valence-electron chi connectivity index (χ1n) is 4.21. The molecule has 0 aliphatic heterocycles. The predicted molar refractivity (Wildman–Crippen MR) is 52.0 cm³/mol. The van der Waals surface area contributed by atoms with Crippen molar-refractivity contribution >= 4 is 15.9 Å². The van der Waals surface area contributed by atoms with Crippen LogP contribution >= 0.6 is 15.9 Å². The maximum absolute atomic E-state index is 12.1. The van der Waals surface area contributed by atoms with Gasteiger partial charge in [0.2, 0.25) is 6.43 Å². The zero-order chi connectivity index (χ0) is 9.78. The molecule has 0 spiro atoms. The quantitative estimate of drug-likeness (QED) is 0.638. The molecule has 0 nitrogen and oxygen atoms in total. The zero-order valence-corrected chi connectivity index (χ0v) is 9.50. The first-order chi connectivity index (χ1) is 5.37. The minimum Gasteiger partial charge on any atom is -0.211 e. The fourth-order valence-corrected chi connectivity index (χ4v) is 1.73. The lowest BCUT2D eigenvalue weighted by Crippen LogP contribution is -2.19. The van der Waals surface area contributed by atoms with Gasteiger partial charge < -0.3 is 0 Å². The van der Waals surface area contributed by atoms with Crippen LogP contribution in [0.25, 0.3) is 0 Å². The van der Waals surface area contributed by atoms with Gasteiger partial charge in [0, 0.05) is 11.8 Å². The summed E-state index contributed by atoms with van der Waals surface area (Å²) >= 11 is 3.35. The molecule has 0 saturated carbocycles. The van der Waals surface area contributed by atoms with E-state index < -0.39 is 6.43 Å². The second-order valence-electron chi connectivity index (χ2n) is 4.22. The number of hydrogen-bond acceptors (Lipinski definition) is 0. The summed E-state index contributed by atoms with van der Waals surface area (Å²) in [6.45, 7) is 5.87. The first kappa shape index (κ1) is 12.3. The molecule has 0 saturated heterocycles. The average molecular weight is 243 g/mol. The Labute approximate surface area is 81.9 Å². The molecule has 0 aromatic carbocycles. The Balaban J connectivity index is 3.85. The Morgan fingerprint density at radius 2 is 1.75 bits per heavy atom. The monoisotopic (exact) mass is 242 g/mol. The summed E-state index contributed by atoms with van der Waals surface area (Å²) in [5.74, 6) is 0.471. The van der Waals surface area contributed by atoms with E-state index >= 15 is 0 Å². The van der Waals surface area contributed by atoms with Crippen molar-refractivity contribution in [1.82, 2.24) is 0 Å². The van der Waals surface area contributed by atoms with Gasteiger partial charge in [-0.1, -0.05) is 36.7 Å². The summed E-state index contributed by atoms with van der Waals surface area (Å²) in [5, 5.41) is 0.889. The number of alkyl halides is 3. The van der Waals surface area contributed by atoms with Gasteiger partial charge in [-0.2, -0.15) is 0 Å². The van der Waals surface area contributed by atoms with Crippen LogP contribution in [0.15, 0.2) is 0 Å². The lowest BCUT2D eigenvalue weighted by molar-refractivity contribution is 0.0781. The normalized spacial score (nSPS) is 15.2. The Bertz CT molecular complexity index is 124. The van der Waals surface area contributed by atoms with Crippen LogP contribution in [0.1, 0.15) is 33.6 Å². The molecule has 1 atom stereocenters. The molecule has 74 valence electrons. The highest BCUT2D eigenvalue weighted by Gasteiger charge is 2.24. The van der Waals surface area contributed by atoms with Gasteiger partial charge in [-0.15, -0.1) is 0 Å². The fourth-order valence-electron chi connectivity index (χ4n) is 1.50. The van der Waals surface area contributed by atoms with Crippen molar-refractivity contribution in [2.24, 2.45) is 11.3 Å². The minimum atomic E-state index is -2.18. The Morgan fingerprint density at radius 1 is 1.25 bits per heavy atom. The second kappa shape index (κ2) is 5.15. The van der Waals surface area contributed by atoms with Crippen LogP contribution in [-0.2, 0) is 0 Å². The standard InChI is InChI=1S/C9H17BrF2/c1-7(6-10)4-9(2,3)5-8(11)12/h7-8H,4-6H2,1-3H3. The van der Waals surface area contributed by atoms with Gasteiger partial charge in [-0.25, -0.2) is 8.78 Å². The first-order valence-corrected chi connectivity index (χ1v) is 5.33. The zero-order valence-electron chi connectivity index (χ0n) is 7.91. The van der Waals surface area contributed by atoms with E-state index in [9.17, 15) is 8.78 Å². The van der Waals surface area contributed by atoms with E-state index in [1.807, 2.05) is 13.8 Å². The molecule has 0 amide bonds. The average Bonchev–Trinajstić information content (AvgIpc) is 1.83. The van der Waals surface area contributed by atoms with Crippen LogP contribution in [-0.4, -0.2) is 11.8 Å². The van der Waals surface area contributed by atoms with Crippen molar-refractivity contribution in [3.05, 3.63) is 0 Å². The third-order valence-electron chi connectivity index (χ3n) is 1.87. The van der Waals surface area contributed by atoms with Gasteiger partial charge in [0.25, 0.3) is 0 Å². The van der Waals surface area contributed by atoms with E-state index in [2.05, 4.69) is 22.9 Å². The molecule has 0 radical (unpaired) electrons. The summed E-state index contributed by atoms with van der Waals surface area (Å²) in [6.07, 6.45) is -1.32. The third kappa shape index (κ3) is 5.92. The van der Waals surface area contributed by atoms with Gasteiger partial charge in [0.15, 0.2) is 0 Å². The molecule has 0 aliphatic rings. The van der Waals surface area contributed by atoms with Crippen molar-refractivity contribution in [3.63, 3.8) is 0 Å². The SMILES string of the molecule is CC(CBr)CC(C)(C)CC(F)F. The molecule has 3 heteroatoms. The molecule has 12 heavy (non-hydrogen) atoms.